The third-order valence-electron chi connectivity index (χ3n) is 3.03. The molecule has 0 aliphatic carbocycles. The molecule has 20 heavy (non-hydrogen) atoms. The summed E-state index contributed by atoms with van der Waals surface area (Å²) in [5.41, 5.74) is 0.991. The SMILES string of the molecule is CCc1ccc(-c2nc(NC)c(Br)c(C(C)(C)C)n2)s1. The second-order valence-corrected chi connectivity index (χ2v) is 7.64. The van der Waals surface area contributed by atoms with E-state index in [1.807, 2.05) is 7.05 Å². The van der Waals surface area contributed by atoms with Crippen molar-refractivity contribution in [3.63, 3.8) is 0 Å². The molecule has 0 aliphatic heterocycles. The van der Waals surface area contributed by atoms with Crippen molar-refractivity contribution in [2.24, 2.45) is 0 Å². The van der Waals surface area contributed by atoms with Gasteiger partial charge in [-0.2, -0.15) is 0 Å². The molecule has 5 heteroatoms. The molecule has 0 bridgehead atoms. The van der Waals surface area contributed by atoms with Gasteiger partial charge in [-0.3, -0.25) is 0 Å². The predicted molar refractivity (Wildman–Crippen MR) is 90.7 cm³/mol. The molecule has 0 aliphatic rings. The lowest BCUT2D eigenvalue weighted by Crippen LogP contribution is -2.16. The summed E-state index contributed by atoms with van der Waals surface area (Å²) < 4.78 is 0.948. The fourth-order valence-electron chi connectivity index (χ4n) is 1.91. The lowest BCUT2D eigenvalue weighted by atomic mass is 9.92. The molecule has 0 radical (unpaired) electrons. The second-order valence-electron chi connectivity index (χ2n) is 5.68. The average Bonchev–Trinajstić information content (AvgIpc) is 2.86. The number of nitrogens with one attached hydrogen (secondary N) is 1. The van der Waals surface area contributed by atoms with Gasteiger partial charge in [-0.1, -0.05) is 27.7 Å². The lowest BCUT2D eigenvalue weighted by Gasteiger charge is -2.21. The van der Waals surface area contributed by atoms with Crippen LogP contribution in [0.5, 0.6) is 0 Å². The van der Waals surface area contributed by atoms with Crippen LogP contribution in [0.2, 0.25) is 0 Å². The van der Waals surface area contributed by atoms with E-state index < -0.39 is 0 Å². The highest BCUT2D eigenvalue weighted by Gasteiger charge is 2.23. The van der Waals surface area contributed by atoms with Crippen molar-refractivity contribution in [3.05, 3.63) is 27.2 Å². The highest BCUT2D eigenvalue weighted by Crippen LogP contribution is 2.35. The Hall–Kier alpha value is -0.940. The van der Waals surface area contributed by atoms with E-state index in [0.717, 1.165) is 33.1 Å². The van der Waals surface area contributed by atoms with Gasteiger partial charge < -0.3 is 5.32 Å². The Morgan fingerprint density at radius 2 is 1.95 bits per heavy atom. The molecule has 3 nitrogen and oxygen atoms in total. The molecule has 2 aromatic rings. The van der Waals surface area contributed by atoms with Gasteiger partial charge in [0.15, 0.2) is 5.82 Å². The van der Waals surface area contributed by atoms with Crippen molar-refractivity contribution in [1.82, 2.24) is 9.97 Å². The van der Waals surface area contributed by atoms with E-state index in [9.17, 15) is 0 Å². The Kier molecular flexibility index (Phi) is 4.49. The maximum atomic E-state index is 4.78. The monoisotopic (exact) mass is 353 g/mol. The van der Waals surface area contributed by atoms with Crippen LogP contribution in [0.1, 0.15) is 38.3 Å². The number of thiophene rings is 1. The van der Waals surface area contributed by atoms with Gasteiger partial charge in [-0.05, 0) is 34.5 Å². The number of hydrogen-bond donors (Lipinski definition) is 1. The molecule has 0 fully saturated rings. The van der Waals surface area contributed by atoms with Crippen molar-refractivity contribution in [3.8, 4) is 10.7 Å². The molecular formula is C15H20BrN3S. The van der Waals surface area contributed by atoms with Crippen LogP contribution in [0.3, 0.4) is 0 Å². The van der Waals surface area contributed by atoms with Gasteiger partial charge in [-0.25, -0.2) is 9.97 Å². The first-order chi connectivity index (χ1) is 9.36. The van der Waals surface area contributed by atoms with Gasteiger partial charge >= 0.3 is 0 Å². The van der Waals surface area contributed by atoms with Gasteiger partial charge in [0.1, 0.15) is 5.82 Å². The summed E-state index contributed by atoms with van der Waals surface area (Å²) in [4.78, 5) is 11.9. The minimum atomic E-state index is -0.0348. The fraction of sp³-hybridized carbons (Fsp3) is 0.467. The molecular weight excluding hydrogens is 334 g/mol. The van der Waals surface area contributed by atoms with Gasteiger partial charge in [0.2, 0.25) is 0 Å². The third kappa shape index (κ3) is 3.04. The van der Waals surface area contributed by atoms with E-state index in [-0.39, 0.29) is 5.41 Å². The molecule has 0 amide bonds. The molecule has 0 spiro atoms. The Balaban J connectivity index is 2.59. The summed E-state index contributed by atoms with van der Waals surface area (Å²) >= 11 is 5.38. The summed E-state index contributed by atoms with van der Waals surface area (Å²) in [6.45, 7) is 8.65. The maximum Gasteiger partial charge on any atom is 0.171 e. The summed E-state index contributed by atoms with van der Waals surface area (Å²) in [6.07, 6.45) is 1.05. The van der Waals surface area contributed by atoms with Crippen molar-refractivity contribution in [1.29, 1.82) is 0 Å². The van der Waals surface area contributed by atoms with Crippen LogP contribution in [0.4, 0.5) is 5.82 Å². The summed E-state index contributed by atoms with van der Waals surface area (Å²) in [5, 5.41) is 3.15. The van der Waals surface area contributed by atoms with Crippen molar-refractivity contribution < 1.29 is 0 Å². The highest BCUT2D eigenvalue weighted by atomic mass is 79.9. The molecule has 0 atom stereocenters. The Bertz CT molecular complexity index is 614. The molecule has 2 aromatic heterocycles. The summed E-state index contributed by atoms with van der Waals surface area (Å²) in [7, 11) is 1.88. The van der Waals surface area contributed by atoms with Crippen LogP contribution >= 0.6 is 27.3 Å². The van der Waals surface area contributed by atoms with Crippen LogP contribution < -0.4 is 5.32 Å². The normalized spacial score (nSPS) is 11.7. The van der Waals surface area contributed by atoms with Crippen LogP contribution in [-0.2, 0) is 11.8 Å². The number of halogens is 1. The van der Waals surface area contributed by atoms with Gasteiger partial charge in [0.05, 0.1) is 15.0 Å². The van der Waals surface area contributed by atoms with E-state index >= 15 is 0 Å². The van der Waals surface area contributed by atoms with Crippen LogP contribution in [0.15, 0.2) is 16.6 Å². The minimum absolute atomic E-state index is 0.0348. The number of hydrogen-bond acceptors (Lipinski definition) is 4. The smallest absolute Gasteiger partial charge is 0.171 e. The van der Waals surface area contributed by atoms with Crippen molar-refractivity contribution in [2.45, 2.75) is 39.5 Å². The van der Waals surface area contributed by atoms with Crippen LogP contribution in [0, 0.1) is 0 Å². The Morgan fingerprint density at radius 1 is 1.25 bits per heavy atom. The molecule has 108 valence electrons. The van der Waals surface area contributed by atoms with E-state index in [4.69, 9.17) is 4.98 Å². The molecule has 1 N–H and O–H groups in total. The standard InChI is InChI=1S/C15H20BrN3S/c1-6-9-7-8-10(20-9)13-18-12(15(2,3)4)11(16)14(17-5)19-13/h7-8H,6H2,1-5H3,(H,17,18,19). The zero-order valence-electron chi connectivity index (χ0n) is 12.5. The molecule has 0 saturated carbocycles. The number of rotatable bonds is 3. The molecule has 2 heterocycles. The minimum Gasteiger partial charge on any atom is -0.372 e. The predicted octanol–water partition coefficient (Wildman–Crippen LogP) is 4.87. The van der Waals surface area contributed by atoms with Gasteiger partial charge in [-0.15, -0.1) is 11.3 Å². The largest absolute Gasteiger partial charge is 0.372 e. The quantitative estimate of drug-likeness (QED) is 0.855. The molecule has 0 aromatic carbocycles. The number of aromatic nitrogens is 2. The topological polar surface area (TPSA) is 37.8 Å². The van der Waals surface area contributed by atoms with Crippen molar-refractivity contribution >= 4 is 33.1 Å². The average molecular weight is 354 g/mol. The van der Waals surface area contributed by atoms with E-state index in [2.05, 4.69) is 66.1 Å². The van der Waals surface area contributed by atoms with Crippen LogP contribution in [-0.4, -0.2) is 17.0 Å². The third-order valence-corrected chi connectivity index (χ3v) is 5.01. The fourth-order valence-corrected chi connectivity index (χ4v) is 3.76. The van der Waals surface area contributed by atoms with E-state index in [1.165, 1.54) is 4.88 Å². The lowest BCUT2D eigenvalue weighted by molar-refractivity contribution is 0.564. The first-order valence-electron chi connectivity index (χ1n) is 6.71. The summed E-state index contributed by atoms with van der Waals surface area (Å²) in [5.74, 6) is 1.64. The second kappa shape index (κ2) is 5.82. The first-order valence-corrected chi connectivity index (χ1v) is 8.32. The maximum absolute atomic E-state index is 4.78. The zero-order valence-corrected chi connectivity index (χ0v) is 14.9. The first kappa shape index (κ1) is 15.4. The highest BCUT2D eigenvalue weighted by molar-refractivity contribution is 9.10. The zero-order chi connectivity index (χ0) is 14.9. The van der Waals surface area contributed by atoms with Crippen molar-refractivity contribution in [2.75, 3.05) is 12.4 Å². The Labute approximate surface area is 133 Å². The Morgan fingerprint density at radius 3 is 2.45 bits per heavy atom. The van der Waals surface area contributed by atoms with E-state index in [1.54, 1.807) is 11.3 Å². The molecule has 0 saturated heterocycles. The van der Waals surface area contributed by atoms with Crippen LogP contribution in [0.25, 0.3) is 10.7 Å². The van der Waals surface area contributed by atoms with E-state index in [0.29, 0.717) is 0 Å². The number of nitrogens with zero attached hydrogens (tertiary/aromatic N) is 2. The molecule has 2 rings (SSSR count). The van der Waals surface area contributed by atoms with Gasteiger partial charge in [0.25, 0.3) is 0 Å². The number of aryl methyl sites for hydroxylation is 1. The number of anilines is 1. The summed E-state index contributed by atoms with van der Waals surface area (Å²) in [6, 6.07) is 4.26. The van der Waals surface area contributed by atoms with Gasteiger partial charge in [0, 0.05) is 17.3 Å². The molecule has 0 unspecified atom stereocenters.